The fourth-order valence-electron chi connectivity index (χ4n) is 1.04. The molecule has 1 aromatic carbocycles. The number of ether oxygens (including phenoxy) is 1. The Morgan fingerprint density at radius 1 is 1.40 bits per heavy atom. The van der Waals surface area contributed by atoms with Crippen molar-refractivity contribution in [2.24, 2.45) is 5.92 Å². The van der Waals surface area contributed by atoms with Gasteiger partial charge in [0, 0.05) is 5.69 Å². The van der Waals surface area contributed by atoms with E-state index in [1.165, 1.54) is 0 Å². The van der Waals surface area contributed by atoms with Gasteiger partial charge in [-0.25, -0.2) is 4.79 Å². The van der Waals surface area contributed by atoms with Crippen LogP contribution in [0.3, 0.4) is 0 Å². The van der Waals surface area contributed by atoms with E-state index in [9.17, 15) is 4.79 Å². The number of hydrogen-bond donors (Lipinski definition) is 1. The molecule has 0 heterocycles. The van der Waals surface area contributed by atoms with E-state index >= 15 is 0 Å². The molecule has 0 saturated heterocycles. The van der Waals surface area contributed by atoms with Crippen molar-refractivity contribution < 1.29 is 9.53 Å². The third kappa shape index (κ3) is 3.62. The molecule has 0 aliphatic heterocycles. The van der Waals surface area contributed by atoms with Gasteiger partial charge in [-0.05, 0) is 30.2 Å². The molecule has 0 fully saturated rings. The van der Waals surface area contributed by atoms with Crippen LogP contribution in [-0.4, -0.2) is 12.6 Å². The van der Waals surface area contributed by atoms with Gasteiger partial charge in [-0.2, -0.15) is 0 Å². The number of hydrogen-bond acceptors (Lipinski definition) is 3. The van der Waals surface area contributed by atoms with Crippen LogP contribution < -0.4 is 5.73 Å². The van der Waals surface area contributed by atoms with Crippen molar-refractivity contribution in [3.63, 3.8) is 0 Å². The number of nitrogen functional groups attached to an aromatic ring is 1. The van der Waals surface area contributed by atoms with Gasteiger partial charge in [0.1, 0.15) is 0 Å². The van der Waals surface area contributed by atoms with E-state index in [2.05, 4.69) is 13.8 Å². The van der Waals surface area contributed by atoms with E-state index in [1.54, 1.807) is 24.3 Å². The van der Waals surface area contributed by atoms with Gasteiger partial charge in [0.2, 0.25) is 0 Å². The van der Waals surface area contributed by atoms with Gasteiger partial charge < -0.3 is 10.5 Å². The van der Waals surface area contributed by atoms with Crippen molar-refractivity contribution in [2.45, 2.75) is 20.3 Å². The maximum atomic E-state index is 11.5. The van der Waals surface area contributed by atoms with Crippen LogP contribution in [-0.2, 0) is 4.74 Å². The molecular weight excluding hydrogens is 190 g/mol. The van der Waals surface area contributed by atoms with E-state index in [0.29, 0.717) is 23.8 Å². The molecular formula is C12H17NO2. The molecule has 0 aliphatic carbocycles. The Balaban J connectivity index is 2.50. The van der Waals surface area contributed by atoms with E-state index < -0.39 is 0 Å². The number of benzene rings is 1. The van der Waals surface area contributed by atoms with Gasteiger partial charge in [-0.1, -0.05) is 20.3 Å². The molecule has 3 nitrogen and oxygen atoms in total. The number of carbonyl (C=O) groups is 1. The van der Waals surface area contributed by atoms with Gasteiger partial charge in [-0.15, -0.1) is 0 Å². The molecule has 1 atom stereocenters. The van der Waals surface area contributed by atoms with E-state index in [1.807, 2.05) is 0 Å². The lowest BCUT2D eigenvalue weighted by Gasteiger charge is -2.09. The van der Waals surface area contributed by atoms with Gasteiger partial charge in [0.15, 0.2) is 0 Å². The molecule has 0 aromatic heterocycles. The monoisotopic (exact) mass is 207 g/mol. The number of carbonyl (C=O) groups excluding carboxylic acids is 1. The molecule has 3 heteroatoms. The van der Waals surface area contributed by atoms with Gasteiger partial charge in [0.25, 0.3) is 0 Å². The third-order valence-electron chi connectivity index (χ3n) is 2.34. The van der Waals surface area contributed by atoms with E-state index in [4.69, 9.17) is 10.5 Å². The standard InChI is InChI=1S/C12H17NO2/c1-3-9(2)8-15-12(14)10-4-6-11(13)7-5-10/h4-7,9H,3,8,13H2,1-2H3. The summed E-state index contributed by atoms with van der Waals surface area (Å²) in [5, 5.41) is 0. The molecule has 0 aliphatic rings. The Kier molecular flexibility index (Phi) is 4.16. The Bertz CT molecular complexity index is 319. The third-order valence-corrected chi connectivity index (χ3v) is 2.34. The summed E-state index contributed by atoms with van der Waals surface area (Å²) in [6, 6.07) is 6.74. The molecule has 0 saturated carbocycles. The van der Waals surface area contributed by atoms with Crippen LogP contribution in [0.1, 0.15) is 30.6 Å². The fraction of sp³-hybridized carbons (Fsp3) is 0.417. The summed E-state index contributed by atoms with van der Waals surface area (Å²) in [6.45, 7) is 4.59. The average Bonchev–Trinajstić information content (AvgIpc) is 2.26. The highest BCUT2D eigenvalue weighted by atomic mass is 16.5. The summed E-state index contributed by atoms with van der Waals surface area (Å²) < 4.78 is 5.14. The summed E-state index contributed by atoms with van der Waals surface area (Å²) in [5.41, 5.74) is 6.71. The molecule has 0 radical (unpaired) electrons. The summed E-state index contributed by atoms with van der Waals surface area (Å²) in [5.74, 6) is 0.123. The lowest BCUT2D eigenvalue weighted by Crippen LogP contribution is -2.11. The van der Waals surface area contributed by atoms with Gasteiger partial charge in [-0.3, -0.25) is 0 Å². The fourth-order valence-corrected chi connectivity index (χ4v) is 1.04. The quantitative estimate of drug-likeness (QED) is 0.609. The number of esters is 1. The second kappa shape index (κ2) is 5.39. The van der Waals surface area contributed by atoms with Crippen molar-refractivity contribution >= 4 is 11.7 Å². The lowest BCUT2D eigenvalue weighted by atomic mass is 10.1. The van der Waals surface area contributed by atoms with E-state index in [0.717, 1.165) is 6.42 Å². The minimum Gasteiger partial charge on any atom is -0.462 e. The molecule has 1 unspecified atom stereocenters. The first-order valence-electron chi connectivity index (χ1n) is 5.16. The minimum atomic E-state index is -0.282. The van der Waals surface area contributed by atoms with Crippen molar-refractivity contribution in [3.05, 3.63) is 29.8 Å². The van der Waals surface area contributed by atoms with Crippen LogP contribution in [0.15, 0.2) is 24.3 Å². The molecule has 82 valence electrons. The summed E-state index contributed by atoms with van der Waals surface area (Å²) in [7, 11) is 0. The lowest BCUT2D eigenvalue weighted by molar-refractivity contribution is 0.0447. The maximum Gasteiger partial charge on any atom is 0.338 e. The first-order valence-corrected chi connectivity index (χ1v) is 5.16. The van der Waals surface area contributed by atoms with E-state index in [-0.39, 0.29) is 5.97 Å². The number of nitrogens with two attached hydrogens (primary N) is 1. The zero-order valence-corrected chi connectivity index (χ0v) is 9.19. The first-order chi connectivity index (χ1) is 7.13. The van der Waals surface area contributed by atoms with Crippen molar-refractivity contribution in [3.8, 4) is 0 Å². The Hall–Kier alpha value is -1.51. The SMILES string of the molecule is CCC(C)COC(=O)c1ccc(N)cc1. The second-order valence-electron chi connectivity index (χ2n) is 3.73. The smallest absolute Gasteiger partial charge is 0.338 e. The normalized spacial score (nSPS) is 12.1. The predicted molar refractivity (Wildman–Crippen MR) is 60.6 cm³/mol. The van der Waals surface area contributed by atoms with Crippen LogP contribution in [0, 0.1) is 5.92 Å². The van der Waals surface area contributed by atoms with Crippen LogP contribution in [0.2, 0.25) is 0 Å². The summed E-state index contributed by atoms with van der Waals surface area (Å²) >= 11 is 0. The van der Waals surface area contributed by atoms with Crippen molar-refractivity contribution in [2.75, 3.05) is 12.3 Å². The van der Waals surface area contributed by atoms with Crippen LogP contribution in [0.4, 0.5) is 5.69 Å². The number of anilines is 1. The van der Waals surface area contributed by atoms with Crippen LogP contribution in [0.5, 0.6) is 0 Å². The Labute approximate surface area is 90.2 Å². The van der Waals surface area contributed by atoms with Crippen LogP contribution >= 0.6 is 0 Å². The highest BCUT2D eigenvalue weighted by Crippen LogP contribution is 2.08. The highest BCUT2D eigenvalue weighted by molar-refractivity contribution is 5.89. The highest BCUT2D eigenvalue weighted by Gasteiger charge is 2.08. The summed E-state index contributed by atoms with van der Waals surface area (Å²) in [6.07, 6.45) is 1.01. The molecule has 1 aromatic rings. The molecule has 1 rings (SSSR count). The Morgan fingerprint density at radius 2 is 2.00 bits per heavy atom. The second-order valence-corrected chi connectivity index (χ2v) is 3.73. The number of rotatable bonds is 4. The molecule has 0 spiro atoms. The minimum absolute atomic E-state index is 0.282. The average molecular weight is 207 g/mol. The molecule has 2 N–H and O–H groups in total. The molecule has 0 bridgehead atoms. The maximum absolute atomic E-state index is 11.5. The zero-order valence-electron chi connectivity index (χ0n) is 9.19. The zero-order chi connectivity index (χ0) is 11.3. The van der Waals surface area contributed by atoms with Gasteiger partial charge in [0.05, 0.1) is 12.2 Å². The Morgan fingerprint density at radius 3 is 2.53 bits per heavy atom. The van der Waals surface area contributed by atoms with Crippen molar-refractivity contribution in [1.82, 2.24) is 0 Å². The predicted octanol–water partition coefficient (Wildman–Crippen LogP) is 2.47. The first kappa shape index (κ1) is 11.6. The van der Waals surface area contributed by atoms with Crippen LogP contribution in [0.25, 0.3) is 0 Å². The topological polar surface area (TPSA) is 52.3 Å². The summed E-state index contributed by atoms with van der Waals surface area (Å²) in [4.78, 5) is 11.5. The molecule has 0 amide bonds. The van der Waals surface area contributed by atoms with Gasteiger partial charge >= 0.3 is 5.97 Å². The van der Waals surface area contributed by atoms with Crippen molar-refractivity contribution in [1.29, 1.82) is 0 Å². The molecule has 15 heavy (non-hydrogen) atoms. The largest absolute Gasteiger partial charge is 0.462 e.